The van der Waals surface area contributed by atoms with E-state index in [0.717, 1.165) is 5.69 Å². The first-order valence-corrected chi connectivity index (χ1v) is 5.46. The SMILES string of the molecule is Cc1ccc(N(C)C(CO)C(C)C)cc1. The third-order valence-corrected chi connectivity index (χ3v) is 2.90. The van der Waals surface area contributed by atoms with E-state index >= 15 is 0 Å². The van der Waals surface area contributed by atoms with Crippen molar-refractivity contribution in [1.82, 2.24) is 0 Å². The molecule has 2 heteroatoms. The number of rotatable bonds is 4. The molecule has 0 spiro atoms. The van der Waals surface area contributed by atoms with Gasteiger partial charge in [0.1, 0.15) is 0 Å². The maximum absolute atomic E-state index is 9.34. The van der Waals surface area contributed by atoms with E-state index < -0.39 is 0 Å². The van der Waals surface area contributed by atoms with Gasteiger partial charge in [0.2, 0.25) is 0 Å². The number of aliphatic hydroxyl groups excluding tert-OH is 1. The molecule has 1 aromatic rings. The first kappa shape index (κ1) is 12.1. The van der Waals surface area contributed by atoms with Crippen LogP contribution in [0, 0.1) is 12.8 Å². The summed E-state index contributed by atoms with van der Waals surface area (Å²) in [6.45, 7) is 6.54. The normalized spacial score (nSPS) is 12.9. The molecule has 1 unspecified atom stereocenters. The number of aliphatic hydroxyl groups is 1. The van der Waals surface area contributed by atoms with Gasteiger partial charge in [-0.25, -0.2) is 0 Å². The summed E-state index contributed by atoms with van der Waals surface area (Å²) in [6.07, 6.45) is 0. The van der Waals surface area contributed by atoms with Crippen LogP contribution in [0.1, 0.15) is 19.4 Å². The second kappa shape index (κ2) is 5.17. The van der Waals surface area contributed by atoms with E-state index in [9.17, 15) is 5.11 Å². The molecule has 0 saturated heterocycles. The molecule has 0 radical (unpaired) electrons. The third kappa shape index (κ3) is 2.96. The van der Waals surface area contributed by atoms with Gasteiger partial charge in [-0.1, -0.05) is 31.5 Å². The Morgan fingerprint density at radius 3 is 2.13 bits per heavy atom. The zero-order valence-corrected chi connectivity index (χ0v) is 10.1. The van der Waals surface area contributed by atoms with Crippen molar-refractivity contribution in [2.75, 3.05) is 18.6 Å². The Morgan fingerprint density at radius 1 is 1.20 bits per heavy atom. The van der Waals surface area contributed by atoms with Crippen LogP contribution in [0.3, 0.4) is 0 Å². The van der Waals surface area contributed by atoms with Crippen LogP contribution < -0.4 is 4.90 Å². The molecule has 1 aromatic carbocycles. The Hall–Kier alpha value is -1.02. The Bertz CT molecular complexity index is 292. The number of anilines is 1. The summed E-state index contributed by atoms with van der Waals surface area (Å²) in [5, 5.41) is 9.34. The summed E-state index contributed by atoms with van der Waals surface area (Å²) in [5.74, 6) is 0.446. The van der Waals surface area contributed by atoms with Gasteiger partial charge < -0.3 is 10.0 Å². The van der Waals surface area contributed by atoms with Crippen molar-refractivity contribution in [3.05, 3.63) is 29.8 Å². The van der Waals surface area contributed by atoms with Gasteiger partial charge in [-0.3, -0.25) is 0 Å². The quantitative estimate of drug-likeness (QED) is 0.819. The number of nitrogens with zero attached hydrogens (tertiary/aromatic N) is 1. The van der Waals surface area contributed by atoms with Crippen LogP contribution in [-0.4, -0.2) is 24.8 Å². The van der Waals surface area contributed by atoms with Gasteiger partial charge in [0.15, 0.2) is 0 Å². The molecule has 0 saturated carbocycles. The summed E-state index contributed by atoms with van der Waals surface area (Å²) >= 11 is 0. The van der Waals surface area contributed by atoms with Crippen molar-refractivity contribution in [2.45, 2.75) is 26.8 Å². The van der Waals surface area contributed by atoms with E-state index in [1.54, 1.807) is 0 Å². The zero-order valence-electron chi connectivity index (χ0n) is 10.1. The van der Waals surface area contributed by atoms with E-state index in [1.807, 2.05) is 7.05 Å². The second-order valence-corrected chi connectivity index (χ2v) is 4.44. The van der Waals surface area contributed by atoms with Gasteiger partial charge in [0.05, 0.1) is 12.6 Å². The fourth-order valence-electron chi connectivity index (χ4n) is 1.75. The van der Waals surface area contributed by atoms with E-state index in [2.05, 4.69) is 49.9 Å². The van der Waals surface area contributed by atoms with Crippen LogP contribution in [0.4, 0.5) is 5.69 Å². The largest absolute Gasteiger partial charge is 0.394 e. The van der Waals surface area contributed by atoms with Gasteiger partial charge in [-0.05, 0) is 25.0 Å². The molecule has 1 atom stereocenters. The van der Waals surface area contributed by atoms with Crippen LogP contribution in [0.2, 0.25) is 0 Å². The number of aryl methyl sites for hydroxylation is 1. The van der Waals surface area contributed by atoms with E-state index in [1.165, 1.54) is 5.56 Å². The van der Waals surface area contributed by atoms with E-state index in [4.69, 9.17) is 0 Å². The summed E-state index contributed by atoms with van der Waals surface area (Å²) in [6, 6.07) is 8.58. The highest BCUT2D eigenvalue weighted by atomic mass is 16.3. The summed E-state index contributed by atoms with van der Waals surface area (Å²) in [4.78, 5) is 2.14. The maximum Gasteiger partial charge on any atom is 0.0637 e. The van der Waals surface area contributed by atoms with Crippen LogP contribution >= 0.6 is 0 Å². The molecule has 0 heterocycles. The second-order valence-electron chi connectivity index (χ2n) is 4.44. The number of benzene rings is 1. The van der Waals surface area contributed by atoms with E-state index in [0.29, 0.717) is 5.92 Å². The summed E-state index contributed by atoms with van der Waals surface area (Å²) < 4.78 is 0. The molecule has 0 aliphatic heterocycles. The minimum Gasteiger partial charge on any atom is -0.394 e. The average molecular weight is 207 g/mol. The molecule has 1 rings (SSSR count). The first-order chi connectivity index (χ1) is 7.06. The van der Waals surface area contributed by atoms with Gasteiger partial charge in [-0.2, -0.15) is 0 Å². The minimum absolute atomic E-state index is 0.188. The molecular weight excluding hydrogens is 186 g/mol. The Kier molecular flexibility index (Phi) is 4.15. The molecule has 0 bridgehead atoms. The standard InChI is InChI=1S/C13H21NO/c1-10(2)13(9-15)14(4)12-7-5-11(3)6-8-12/h5-8,10,13,15H,9H2,1-4H3. The first-order valence-electron chi connectivity index (χ1n) is 5.46. The van der Waals surface area contributed by atoms with Crippen LogP contribution in [0.15, 0.2) is 24.3 Å². The van der Waals surface area contributed by atoms with Gasteiger partial charge in [0, 0.05) is 12.7 Å². The van der Waals surface area contributed by atoms with Crippen LogP contribution in [0.5, 0.6) is 0 Å². The van der Waals surface area contributed by atoms with Crippen molar-refractivity contribution in [3.8, 4) is 0 Å². The molecule has 2 nitrogen and oxygen atoms in total. The fraction of sp³-hybridized carbons (Fsp3) is 0.538. The van der Waals surface area contributed by atoms with Crippen LogP contribution in [0.25, 0.3) is 0 Å². The van der Waals surface area contributed by atoms with Crippen molar-refractivity contribution < 1.29 is 5.11 Å². The minimum atomic E-state index is 0.188. The topological polar surface area (TPSA) is 23.5 Å². The van der Waals surface area contributed by atoms with Gasteiger partial charge in [0.25, 0.3) is 0 Å². The molecule has 0 aliphatic rings. The summed E-state index contributed by atoms with van der Waals surface area (Å²) in [5.41, 5.74) is 2.42. The third-order valence-electron chi connectivity index (χ3n) is 2.90. The van der Waals surface area contributed by atoms with Crippen molar-refractivity contribution in [2.24, 2.45) is 5.92 Å². The van der Waals surface area contributed by atoms with Crippen molar-refractivity contribution in [1.29, 1.82) is 0 Å². The molecule has 15 heavy (non-hydrogen) atoms. The smallest absolute Gasteiger partial charge is 0.0637 e. The lowest BCUT2D eigenvalue weighted by Crippen LogP contribution is -2.38. The predicted molar refractivity (Wildman–Crippen MR) is 65.3 cm³/mol. The molecule has 84 valence electrons. The lowest BCUT2D eigenvalue weighted by Gasteiger charge is -2.31. The Balaban J connectivity index is 2.82. The number of likely N-dealkylation sites (N-methyl/N-ethyl adjacent to an activating group) is 1. The van der Waals surface area contributed by atoms with Crippen molar-refractivity contribution in [3.63, 3.8) is 0 Å². The zero-order chi connectivity index (χ0) is 11.4. The van der Waals surface area contributed by atoms with Gasteiger partial charge >= 0.3 is 0 Å². The highest BCUT2D eigenvalue weighted by Crippen LogP contribution is 2.19. The fourth-order valence-corrected chi connectivity index (χ4v) is 1.75. The van der Waals surface area contributed by atoms with E-state index in [-0.39, 0.29) is 12.6 Å². The van der Waals surface area contributed by atoms with Crippen molar-refractivity contribution >= 4 is 5.69 Å². The molecule has 0 aliphatic carbocycles. The van der Waals surface area contributed by atoms with Crippen LogP contribution in [-0.2, 0) is 0 Å². The molecule has 1 N–H and O–H groups in total. The Labute approximate surface area is 92.5 Å². The Morgan fingerprint density at radius 2 is 1.73 bits per heavy atom. The molecule has 0 amide bonds. The highest BCUT2D eigenvalue weighted by Gasteiger charge is 2.17. The lowest BCUT2D eigenvalue weighted by atomic mass is 10.0. The van der Waals surface area contributed by atoms with Gasteiger partial charge in [-0.15, -0.1) is 0 Å². The number of hydrogen-bond acceptors (Lipinski definition) is 2. The molecule has 0 aromatic heterocycles. The highest BCUT2D eigenvalue weighted by molar-refractivity contribution is 5.47. The predicted octanol–water partition coefficient (Wildman–Crippen LogP) is 2.45. The number of hydrogen-bond donors (Lipinski definition) is 1. The molecule has 0 fully saturated rings. The lowest BCUT2D eigenvalue weighted by molar-refractivity contribution is 0.234. The maximum atomic E-state index is 9.34. The summed E-state index contributed by atoms with van der Waals surface area (Å²) in [7, 11) is 2.03. The average Bonchev–Trinajstić information content (AvgIpc) is 2.19. The molecular formula is C13H21NO. The monoisotopic (exact) mass is 207 g/mol.